The molecule has 5 heteroatoms. The summed E-state index contributed by atoms with van der Waals surface area (Å²) in [6, 6.07) is 10.8. The monoisotopic (exact) mass is 466 g/mol. The highest BCUT2D eigenvalue weighted by atomic mass is 79.9. The van der Waals surface area contributed by atoms with E-state index in [9.17, 15) is 0 Å². The molecule has 0 aliphatic heterocycles. The van der Waals surface area contributed by atoms with Crippen LogP contribution in [-0.2, 0) is 11.2 Å². The summed E-state index contributed by atoms with van der Waals surface area (Å²) >= 11 is 12.6. The van der Waals surface area contributed by atoms with Crippen LogP contribution in [0.5, 0.6) is 0 Å². The van der Waals surface area contributed by atoms with Gasteiger partial charge < -0.3 is 4.74 Å². The van der Waals surface area contributed by atoms with Crippen molar-refractivity contribution in [3.8, 4) is 0 Å². The van der Waals surface area contributed by atoms with Crippen molar-refractivity contribution in [1.29, 1.82) is 0 Å². The van der Waals surface area contributed by atoms with E-state index in [4.69, 9.17) is 4.74 Å². The van der Waals surface area contributed by atoms with Gasteiger partial charge in [-0.05, 0) is 55.5 Å². The second-order valence-electron chi connectivity index (χ2n) is 4.12. The van der Waals surface area contributed by atoms with Crippen molar-refractivity contribution in [3.63, 3.8) is 0 Å². The molecule has 1 unspecified atom stereocenters. The number of methoxy groups -OCH3 is 1. The van der Waals surface area contributed by atoms with Gasteiger partial charge in [0.2, 0.25) is 0 Å². The van der Waals surface area contributed by atoms with Crippen molar-refractivity contribution in [2.45, 2.75) is 11.2 Å². The Labute approximate surface area is 142 Å². The SMILES string of the molecule is COCCc1ccc(C(Br)c2cc(Br)c(Br)s2)cc1. The van der Waals surface area contributed by atoms with Crippen molar-refractivity contribution in [2.24, 2.45) is 0 Å². The topological polar surface area (TPSA) is 9.23 Å². The summed E-state index contributed by atoms with van der Waals surface area (Å²) in [5, 5.41) is 0. The zero-order valence-electron chi connectivity index (χ0n) is 10.3. The number of ether oxygens (including phenoxy) is 1. The zero-order chi connectivity index (χ0) is 13.8. The van der Waals surface area contributed by atoms with E-state index in [2.05, 4.69) is 78.1 Å². The van der Waals surface area contributed by atoms with Crippen LogP contribution in [0.3, 0.4) is 0 Å². The first kappa shape index (κ1) is 15.7. The third-order valence-electron chi connectivity index (χ3n) is 2.78. The maximum atomic E-state index is 5.09. The molecular formula is C14H13Br3OS. The molecular weight excluding hydrogens is 456 g/mol. The first-order chi connectivity index (χ1) is 9.11. The van der Waals surface area contributed by atoms with Gasteiger partial charge >= 0.3 is 0 Å². The Morgan fingerprint density at radius 1 is 1.21 bits per heavy atom. The molecule has 2 aromatic rings. The third kappa shape index (κ3) is 4.14. The summed E-state index contributed by atoms with van der Waals surface area (Å²) < 4.78 is 7.32. The van der Waals surface area contributed by atoms with Crippen LogP contribution in [0, 0.1) is 0 Å². The molecule has 0 N–H and O–H groups in total. The number of hydrogen-bond acceptors (Lipinski definition) is 2. The first-order valence-corrected chi connectivity index (χ1v) is 9.10. The molecule has 0 bridgehead atoms. The van der Waals surface area contributed by atoms with Gasteiger partial charge in [0, 0.05) is 16.5 Å². The van der Waals surface area contributed by atoms with Crippen molar-refractivity contribution >= 4 is 59.1 Å². The molecule has 1 heterocycles. The van der Waals surface area contributed by atoms with E-state index in [-0.39, 0.29) is 4.83 Å². The third-order valence-corrected chi connectivity index (χ3v) is 7.43. The van der Waals surface area contributed by atoms with E-state index in [1.807, 2.05) is 0 Å². The highest BCUT2D eigenvalue weighted by molar-refractivity contribution is 9.13. The number of benzene rings is 1. The number of hydrogen-bond donors (Lipinski definition) is 0. The van der Waals surface area contributed by atoms with Crippen LogP contribution in [0.1, 0.15) is 20.8 Å². The Morgan fingerprint density at radius 3 is 2.42 bits per heavy atom. The Balaban J connectivity index is 2.13. The van der Waals surface area contributed by atoms with Gasteiger partial charge in [0.05, 0.1) is 15.2 Å². The minimum absolute atomic E-state index is 0.233. The highest BCUT2D eigenvalue weighted by Crippen LogP contribution is 2.41. The van der Waals surface area contributed by atoms with Crippen molar-refractivity contribution in [2.75, 3.05) is 13.7 Å². The molecule has 0 amide bonds. The summed E-state index contributed by atoms with van der Waals surface area (Å²) in [5.74, 6) is 0. The van der Waals surface area contributed by atoms with E-state index in [1.165, 1.54) is 16.0 Å². The fraction of sp³-hybridized carbons (Fsp3) is 0.286. The van der Waals surface area contributed by atoms with Crippen LogP contribution in [0.4, 0.5) is 0 Å². The Kier molecular flexibility index (Phi) is 6.09. The average molecular weight is 469 g/mol. The van der Waals surface area contributed by atoms with Crippen molar-refractivity contribution in [1.82, 2.24) is 0 Å². The van der Waals surface area contributed by atoms with Crippen molar-refractivity contribution < 1.29 is 4.74 Å². The number of alkyl halides is 1. The summed E-state index contributed by atoms with van der Waals surface area (Å²) in [7, 11) is 1.73. The Bertz CT molecular complexity index is 517. The molecule has 1 aromatic carbocycles. The first-order valence-electron chi connectivity index (χ1n) is 5.78. The molecule has 0 saturated heterocycles. The zero-order valence-corrected chi connectivity index (χ0v) is 15.9. The quantitative estimate of drug-likeness (QED) is 0.493. The fourth-order valence-electron chi connectivity index (χ4n) is 1.73. The lowest BCUT2D eigenvalue weighted by Gasteiger charge is -2.09. The second kappa shape index (κ2) is 7.36. The van der Waals surface area contributed by atoms with E-state index in [1.54, 1.807) is 18.4 Å². The van der Waals surface area contributed by atoms with Crippen molar-refractivity contribution in [3.05, 3.63) is 54.6 Å². The van der Waals surface area contributed by atoms with Crippen LogP contribution in [0.2, 0.25) is 0 Å². The van der Waals surface area contributed by atoms with E-state index in [0.29, 0.717) is 0 Å². The maximum absolute atomic E-state index is 5.09. The Hall–Kier alpha value is 0.320. The fourth-order valence-corrected chi connectivity index (χ4v) is 4.54. The molecule has 0 radical (unpaired) electrons. The van der Waals surface area contributed by atoms with Gasteiger partial charge in [-0.3, -0.25) is 0 Å². The second-order valence-corrected chi connectivity index (χ2v) is 8.29. The molecule has 102 valence electrons. The minimum Gasteiger partial charge on any atom is -0.384 e. The lowest BCUT2D eigenvalue weighted by atomic mass is 10.1. The molecule has 0 saturated carbocycles. The summed E-state index contributed by atoms with van der Waals surface area (Å²) in [5.41, 5.74) is 2.57. The summed E-state index contributed by atoms with van der Waals surface area (Å²) in [6.07, 6.45) is 0.958. The molecule has 1 nitrogen and oxygen atoms in total. The average Bonchev–Trinajstić information content (AvgIpc) is 2.76. The lowest BCUT2D eigenvalue weighted by molar-refractivity contribution is 0.202. The van der Waals surface area contributed by atoms with Gasteiger partial charge in [-0.15, -0.1) is 11.3 Å². The largest absolute Gasteiger partial charge is 0.384 e. The van der Waals surface area contributed by atoms with E-state index < -0.39 is 0 Å². The van der Waals surface area contributed by atoms with Crippen LogP contribution < -0.4 is 0 Å². The van der Waals surface area contributed by atoms with Crippen LogP contribution in [-0.4, -0.2) is 13.7 Å². The smallest absolute Gasteiger partial charge is 0.0843 e. The lowest BCUT2D eigenvalue weighted by Crippen LogP contribution is -1.95. The predicted molar refractivity (Wildman–Crippen MR) is 92.5 cm³/mol. The van der Waals surface area contributed by atoms with Gasteiger partial charge in [0.25, 0.3) is 0 Å². The molecule has 19 heavy (non-hydrogen) atoms. The van der Waals surface area contributed by atoms with Gasteiger partial charge in [-0.25, -0.2) is 0 Å². The molecule has 0 spiro atoms. The van der Waals surface area contributed by atoms with Crippen LogP contribution in [0.25, 0.3) is 0 Å². The van der Waals surface area contributed by atoms with Gasteiger partial charge in [0.1, 0.15) is 0 Å². The molecule has 1 atom stereocenters. The Morgan fingerprint density at radius 2 is 1.89 bits per heavy atom. The molecule has 0 aliphatic carbocycles. The molecule has 1 aromatic heterocycles. The van der Waals surface area contributed by atoms with E-state index >= 15 is 0 Å². The van der Waals surface area contributed by atoms with E-state index in [0.717, 1.165) is 21.3 Å². The summed E-state index contributed by atoms with van der Waals surface area (Å²) in [4.78, 5) is 1.51. The minimum atomic E-state index is 0.233. The van der Waals surface area contributed by atoms with Gasteiger partial charge in [0.15, 0.2) is 0 Å². The number of thiophene rings is 1. The van der Waals surface area contributed by atoms with Crippen LogP contribution in [0.15, 0.2) is 38.6 Å². The number of halogens is 3. The number of rotatable bonds is 5. The highest BCUT2D eigenvalue weighted by Gasteiger charge is 2.14. The molecule has 0 aliphatic rings. The summed E-state index contributed by atoms with van der Waals surface area (Å²) in [6.45, 7) is 0.766. The van der Waals surface area contributed by atoms with Crippen LogP contribution >= 0.6 is 59.1 Å². The predicted octanol–water partition coefficient (Wildman–Crippen LogP) is 5.95. The standard InChI is InChI=1S/C14H13Br3OS/c1-18-7-6-9-2-4-10(5-3-9)13(16)12-8-11(15)14(17)19-12/h2-5,8,13H,6-7H2,1H3. The molecule has 2 rings (SSSR count). The maximum Gasteiger partial charge on any atom is 0.0843 e. The molecule has 0 fully saturated rings. The van der Waals surface area contributed by atoms with Gasteiger partial charge in [-0.2, -0.15) is 0 Å². The van der Waals surface area contributed by atoms with Gasteiger partial charge in [-0.1, -0.05) is 40.2 Å². The normalized spacial score (nSPS) is 12.6.